The standard InChI is InChI=1S/C18H21N3O3S2/c1-21(14-6-9-26(23,24)11-14)18(22)13-2-3-15-16(10-13)25-17(20-15)12-4-7-19-8-5-12/h4-5,7-8,13-14H,2-3,6,9-11H2,1H3. The van der Waals surface area contributed by atoms with E-state index in [1.807, 2.05) is 12.1 Å². The van der Waals surface area contributed by atoms with Gasteiger partial charge in [-0.2, -0.15) is 0 Å². The zero-order valence-electron chi connectivity index (χ0n) is 14.6. The summed E-state index contributed by atoms with van der Waals surface area (Å²) in [6, 6.07) is 3.71. The van der Waals surface area contributed by atoms with Crippen LogP contribution in [0.5, 0.6) is 0 Å². The number of hydrogen-bond acceptors (Lipinski definition) is 6. The summed E-state index contributed by atoms with van der Waals surface area (Å²) in [5.41, 5.74) is 2.15. The quantitative estimate of drug-likeness (QED) is 0.799. The molecule has 1 fully saturated rings. The van der Waals surface area contributed by atoms with Gasteiger partial charge in [-0.25, -0.2) is 13.4 Å². The number of pyridine rings is 1. The van der Waals surface area contributed by atoms with Crippen molar-refractivity contribution in [3.63, 3.8) is 0 Å². The Kier molecular flexibility index (Phi) is 4.56. The Balaban J connectivity index is 1.48. The van der Waals surface area contributed by atoms with Crippen LogP contribution in [-0.2, 0) is 27.5 Å². The Bertz CT molecular complexity index is 924. The van der Waals surface area contributed by atoms with E-state index in [2.05, 4.69) is 4.98 Å². The molecule has 1 aliphatic carbocycles. The maximum atomic E-state index is 12.9. The Labute approximate surface area is 157 Å². The summed E-state index contributed by atoms with van der Waals surface area (Å²) >= 11 is 1.65. The molecule has 2 atom stereocenters. The van der Waals surface area contributed by atoms with Gasteiger partial charge in [-0.15, -0.1) is 11.3 Å². The van der Waals surface area contributed by atoms with Gasteiger partial charge < -0.3 is 4.90 Å². The lowest BCUT2D eigenvalue weighted by atomic mass is 9.89. The van der Waals surface area contributed by atoms with E-state index in [0.29, 0.717) is 12.8 Å². The van der Waals surface area contributed by atoms with Gasteiger partial charge in [0.15, 0.2) is 9.84 Å². The van der Waals surface area contributed by atoms with E-state index in [4.69, 9.17) is 4.98 Å². The molecule has 0 spiro atoms. The van der Waals surface area contributed by atoms with Crippen LogP contribution < -0.4 is 0 Å². The number of nitrogens with zero attached hydrogens (tertiary/aromatic N) is 3. The highest BCUT2D eigenvalue weighted by molar-refractivity contribution is 7.91. The molecule has 1 aliphatic heterocycles. The van der Waals surface area contributed by atoms with Crippen molar-refractivity contribution in [2.75, 3.05) is 18.6 Å². The summed E-state index contributed by atoms with van der Waals surface area (Å²) < 4.78 is 23.4. The van der Waals surface area contributed by atoms with Gasteiger partial charge in [-0.05, 0) is 37.8 Å². The summed E-state index contributed by atoms with van der Waals surface area (Å²) in [6.07, 6.45) is 6.33. The predicted molar refractivity (Wildman–Crippen MR) is 101 cm³/mol. The second-order valence-corrected chi connectivity index (χ2v) is 10.4. The van der Waals surface area contributed by atoms with Crippen LogP contribution in [0.25, 0.3) is 10.6 Å². The summed E-state index contributed by atoms with van der Waals surface area (Å²) in [6.45, 7) is 0. The fraction of sp³-hybridized carbons (Fsp3) is 0.500. The number of hydrogen-bond donors (Lipinski definition) is 0. The SMILES string of the molecule is CN(C(=O)C1CCc2nc(-c3ccncc3)sc2C1)C1CCS(=O)(=O)C1. The molecule has 4 rings (SSSR count). The van der Waals surface area contributed by atoms with Crippen molar-refractivity contribution in [2.24, 2.45) is 5.92 Å². The van der Waals surface area contributed by atoms with E-state index in [-0.39, 0.29) is 29.4 Å². The van der Waals surface area contributed by atoms with E-state index in [1.165, 1.54) is 4.88 Å². The van der Waals surface area contributed by atoms with E-state index < -0.39 is 9.84 Å². The van der Waals surface area contributed by atoms with Crippen molar-refractivity contribution < 1.29 is 13.2 Å². The molecule has 2 aromatic rings. The summed E-state index contributed by atoms with van der Waals surface area (Å²) in [5.74, 6) is 0.270. The molecule has 2 unspecified atom stereocenters. The molecule has 0 N–H and O–H groups in total. The predicted octanol–water partition coefficient (Wildman–Crippen LogP) is 1.96. The van der Waals surface area contributed by atoms with Gasteiger partial charge in [-0.3, -0.25) is 9.78 Å². The molecule has 138 valence electrons. The third kappa shape index (κ3) is 3.40. The topological polar surface area (TPSA) is 80.2 Å². The van der Waals surface area contributed by atoms with Crippen LogP contribution in [0.1, 0.15) is 23.4 Å². The highest BCUT2D eigenvalue weighted by Gasteiger charge is 2.36. The van der Waals surface area contributed by atoms with Gasteiger partial charge in [0.1, 0.15) is 5.01 Å². The molecule has 1 amide bonds. The summed E-state index contributed by atoms with van der Waals surface area (Å²) in [4.78, 5) is 24.5. The van der Waals surface area contributed by atoms with Gasteiger partial charge in [-0.1, -0.05) is 0 Å². The fourth-order valence-electron chi connectivity index (χ4n) is 3.75. The molecule has 6 nitrogen and oxygen atoms in total. The minimum Gasteiger partial charge on any atom is -0.341 e. The Hall–Kier alpha value is -1.80. The molecular formula is C18H21N3O3S2. The van der Waals surface area contributed by atoms with Gasteiger partial charge >= 0.3 is 0 Å². The minimum atomic E-state index is -2.99. The van der Waals surface area contributed by atoms with Crippen molar-refractivity contribution in [3.05, 3.63) is 35.1 Å². The lowest BCUT2D eigenvalue weighted by Crippen LogP contribution is -2.42. The zero-order valence-corrected chi connectivity index (χ0v) is 16.2. The smallest absolute Gasteiger partial charge is 0.226 e. The number of aryl methyl sites for hydroxylation is 1. The van der Waals surface area contributed by atoms with Crippen LogP contribution in [0.4, 0.5) is 0 Å². The first-order valence-corrected chi connectivity index (χ1v) is 11.4. The maximum Gasteiger partial charge on any atom is 0.226 e. The minimum absolute atomic E-state index is 0.0663. The van der Waals surface area contributed by atoms with Gasteiger partial charge in [0.05, 0.1) is 17.2 Å². The van der Waals surface area contributed by atoms with Crippen LogP contribution in [-0.4, -0.2) is 53.8 Å². The van der Waals surface area contributed by atoms with Crippen LogP contribution >= 0.6 is 11.3 Å². The van der Waals surface area contributed by atoms with E-state index in [9.17, 15) is 13.2 Å². The van der Waals surface area contributed by atoms with E-state index in [0.717, 1.165) is 29.1 Å². The number of rotatable bonds is 3. The van der Waals surface area contributed by atoms with Crippen molar-refractivity contribution in [1.82, 2.24) is 14.9 Å². The van der Waals surface area contributed by atoms with Gasteiger partial charge in [0.2, 0.25) is 5.91 Å². The van der Waals surface area contributed by atoms with Crippen LogP contribution in [0.15, 0.2) is 24.5 Å². The monoisotopic (exact) mass is 391 g/mol. The van der Waals surface area contributed by atoms with Crippen LogP contribution in [0.3, 0.4) is 0 Å². The average molecular weight is 392 g/mol. The number of sulfone groups is 1. The number of aromatic nitrogens is 2. The molecule has 2 aliphatic rings. The molecule has 0 saturated carbocycles. The molecule has 2 aromatic heterocycles. The molecule has 0 radical (unpaired) electrons. The number of carbonyl (C=O) groups is 1. The Morgan fingerprint density at radius 2 is 2.04 bits per heavy atom. The molecule has 26 heavy (non-hydrogen) atoms. The highest BCUT2D eigenvalue weighted by atomic mass is 32.2. The first-order valence-electron chi connectivity index (χ1n) is 8.79. The maximum absolute atomic E-state index is 12.9. The van der Waals surface area contributed by atoms with Crippen molar-refractivity contribution >= 4 is 27.1 Å². The second-order valence-electron chi connectivity index (χ2n) is 7.07. The van der Waals surface area contributed by atoms with E-state index >= 15 is 0 Å². The summed E-state index contributed by atoms with van der Waals surface area (Å²) in [5, 5.41) is 0.973. The lowest BCUT2D eigenvalue weighted by Gasteiger charge is -2.29. The first-order chi connectivity index (χ1) is 12.4. The molecule has 1 saturated heterocycles. The molecular weight excluding hydrogens is 370 g/mol. The van der Waals surface area contributed by atoms with Crippen molar-refractivity contribution in [3.8, 4) is 10.6 Å². The van der Waals surface area contributed by atoms with Crippen LogP contribution in [0.2, 0.25) is 0 Å². The first kappa shape index (κ1) is 17.6. The third-order valence-electron chi connectivity index (χ3n) is 5.32. The van der Waals surface area contributed by atoms with Gasteiger partial charge in [0.25, 0.3) is 0 Å². The van der Waals surface area contributed by atoms with Crippen molar-refractivity contribution in [1.29, 1.82) is 0 Å². The molecule has 0 bridgehead atoms. The van der Waals surface area contributed by atoms with Crippen molar-refractivity contribution in [2.45, 2.75) is 31.7 Å². The summed E-state index contributed by atoms with van der Waals surface area (Å²) in [7, 11) is -1.24. The Morgan fingerprint density at radius 1 is 1.27 bits per heavy atom. The van der Waals surface area contributed by atoms with Gasteiger partial charge in [0, 0.05) is 41.8 Å². The number of amides is 1. The average Bonchev–Trinajstić information content (AvgIpc) is 3.23. The largest absolute Gasteiger partial charge is 0.341 e. The zero-order chi connectivity index (χ0) is 18.3. The third-order valence-corrected chi connectivity index (χ3v) is 8.24. The number of thiazole rings is 1. The normalized spacial score (nSPS) is 24.2. The fourth-order valence-corrected chi connectivity index (χ4v) is 6.72. The number of fused-ring (bicyclic) bond motifs is 1. The van der Waals surface area contributed by atoms with Crippen LogP contribution in [0, 0.1) is 5.92 Å². The molecule has 3 heterocycles. The molecule has 8 heteroatoms. The Morgan fingerprint density at radius 3 is 2.73 bits per heavy atom. The highest BCUT2D eigenvalue weighted by Crippen LogP contribution is 2.35. The number of carbonyl (C=O) groups excluding carboxylic acids is 1. The second kappa shape index (κ2) is 6.74. The molecule has 0 aromatic carbocycles. The lowest BCUT2D eigenvalue weighted by molar-refractivity contribution is -0.136. The van der Waals surface area contributed by atoms with E-state index in [1.54, 1.807) is 35.7 Å².